The summed E-state index contributed by atoms with van der Waals surface area (Å²) >= 11 is 0. The van der Waals surface area contributed by atoms with Crippen LogP contribution in [0.5, 0.6) is 11.5 Å². The number of carbonyl (C=O) groups excluding carboxylic acids is 2. The Morgan fingerprint density at radius 3 is 1.59 bits per heavy atom. The normalized spacial score (nSPS) is 10.3. The van der Waals surface area contributed by atoms with Crippen LogP contribution in [0.25, 0.3) is 0 Å². The highest BCUT2D eigenvalue weighted by Crippen LogP contribution is 2.18. The van der Waals surface area contributed by atoms with Crippen LogP contribution in [-0.4, -0.2) is 11.9 Å². The fraction of sp³-hybridized carbons (Fsp3) is 0.222. The summed E-state index contributed by atoms with van der Waals surface area (Å²) in [4.78, 5) is 24.4. The lowest BCUT2D eigenvalue weighted by Crippen LogP contribution is -2.31. The molecule has 0 unspecified atom stereocenters. The van der Waals surface area contributed by atoms with Crippen molar-refractivity contribution in [1.29, 1.82) is 0 Å². The average molecular weight is 298 g/mol. The van der Waals surface area contributed by atoms with E-state index in [4.69, 9.17) is 9.47 Å². The van der Waals surface area contributed by atoms with Gasteiger partial charge in [-0.2, -0.15) is 0 Å². The summed E-state index contributed by atoms with van der Waals surface area (Å²) in [6, 6.07) is 17.4. The van der Waals surface area contributed by atoms with Crippen LogP contribution in [0, 0.1) is 5.92 Å². The first-order chi connectivity index (χ1) is 10.7. The summed E-state index contributed by atoms with van der Waals surface area (Å²) in [5.41, 5.74) is 0. The van der Waals surface area contributed by atoms with E-state index in [0.29, 0.717) is 24.3 Å². The molecule has 114 valence electrons. The van der Waals surface area contributed by atoms with Gasteiger partial charge in [-0.3, -0.25) is 9.59 Å². The molecule has 0 atom stereocenters. The lowest BCUT2D eigenvalue weighted by Gasteiger charge is -2.14. The van der Waals surface area contributed by atoms with Crippen molar-refractivity contribution in [3.05, 3.63) is 60.7 Å². The quantitative estimate of drug-likeness (QED) is 0.464. The first-order valence-electron chi connectivity index (χ1n) is 7.24. The van der Waals surface area contributed by atoms with E-state index in [0.717, 1.165) is 0 Å². The Bertz CT molecular complexity index is 554. The Morgan fingerprint density at radius 1 is 0.818 bits per heavy atom. The molecule has 0 aliphatic heterocycles. The molecule has 2 aromatic rings. The summed E-state index contributed by atoms with van der Waals surface area (Å²) in [7, 11) is 0. The Labute approximate surface area is 129 Å². The zero-order chi connectivity index (χ0) is 15.8. The largest absolute Gasteiger partial charge is 0.426 e. The number of hydrogen-bond acceptors (Lipinski definition) is 4. The van der Waals surface area contributed by atoms with Crippen molar-refractivity contribution in [3.8, 4) is 11.5 Å². The van der Waals surface area contributed by atoms with Gasteiger partial charge in [-0.1, -0.05) is 49.7 Å². The predicted octanol–water partition coefficient (Wildman–Crippen LogP) is 3.61. The Hall–Kier alpha value is -2.62. The van der Waals surface area contributed by atoms with Crippen molar-refractivity contribution < 1.29 is 19.1 Å². The van der Waals surface area contributed by atoms with Crippen LogP contribution in [0.4, 0.5) is 0 Å². The van der Waals surface area contributed by atoms with E-state index in [1.807, 2.05) is 19.1 Å². The van der Waals surface area contributed by atoms with Gasteiger partial charge in [0.15, 0.2) is 5.92 Å². The number of esters is 2. The van der Waals surface area contributed by atoms with Crippen molar-refractivity contribution in [2.75, 3.05) is 0 Å². The molecule has 0 saturated heterocycles. The molecule has 22 heavy (non-hydrogen) atoms. The smallest absolute Gasteiger partial charge is 0.325 e. The topological polar surface area (TPSA) is 52.6 Å². The molecule has 0 N–H and O–H groups in total. The second kappa shape index (κ2) is 7.98. The van der Waals surface area contributed by atoms with Crippen molar-refractivity contribution >= 4 is 11.9 Å². The SMILES string of the molecule is CCCC(C(=O)Oc1ccccc1)C(=O)Oc1ccccc1. The molecule has 0 fully saturated rings. The van der Waals surface area contributed by atoms with Gasteiger partial charge in [0.1, 0.15) is 11.5 Å². The number of rotatable bonds is 6. The Morgan fingerprint density at radius 2 is 1.23 bits per heavy atom. The fourth-order valence-corrected chi connectivity index (χ4v) is 1.97. The van der Waals surface area contributed by atoms with Crippen LogP contribution >= 0.6 is 0 Å². The molecule has 0 amide bonds. The number of benzene rings is 2. The van der Waals surface area contributed by atoms with Gasteiger partial charge in [-0.15, -0.1) is 0 Å². The van der Waals surface area contributed by atoms with Crippen LogP contribution in [-0.2, 0) is 9.59 Å². The van der Waals surface area contributed by atoms with Gasteiger partial charge in [0.05, 0.1) is 0 Å². The molecular formula is C18H18O4. The molecule has 4 heteroatoms. The first-order valence-corrected chi connectivity index (χ1v) is 7.24. The Kier molecular flexibility index (Phi) is 5.72. The van der Waals surface area contributed by atoms with Gasteiger partial charge in [0.25, 0.3) is 0 Å². The van der Waals surface area contributed by atoms with E-state index in [1.165, 1.54) is 0 Å². The molecule has 0 aliphatic rings. The van der Waals surface area contributed by atoms with Crippen molar-refractivity contribution in [2.45, 2.75) is 19.8 Å². The summed E-state index contributed by atoms with van der Waals surface area (Å²) < 4.78 is 10.5. The van der Waals surface area contributed by atoms with Gasteiger partial charge in [-0.05, 0) is 30.7 Å². The molecule has 0 bridgehead atoms. The summed E-state index contributed by atoms with van der Waals surface area (Å²) in [6.45, 7) is 1.90. The Balaban J connectivity index is 2.05. The lowest BCUT2D eigenvalue weighted by atomic mass is 10.0. The summed E-state index contributed by atoms with van der Waals surface area (Å²) in [5, 5.41) is 0. The minimum atomic E-state index is -0.926. The third-order valence-electron chi connectivity index (χ3n) is 3.07. The summed E-state index contributed by atoms with van der Waals surface area (Å²) in [6.07, 6.45) is 1.07. The maximum Gasteiger partial charge on any atom is 0.325 e. The number of hydrogen-bond donors (Lipinski definition) is 0. The highest BCUT2D eigenvalue weighted by Gasteiger charge is 2.29. The molecule has 0 saturated carbocycles. The molecule has 4 nitrogen and oxygen atoms in total. The third-order valence-corrected chi connectivity index (χ3v) is 3.07. The standard InChI is InChI=1S/C18H18O4/c1-2-9-16(17(19)21-14-10-5-3-6-11-14)18(20)22-15-12-7-4-8-13-15/h3-8,10-13,16H,2,9H2,1H3. The van der Waals surface area contributed by atoms with Crippen molar-refractivity contribution in [1.82, 2.24) is 0 Å². The van der Waals surface area contributed by atoms with E-state index in [2.05, 4.69) is 0 Å². The minimum absolute atomic E-state index is 0.386. The van der Waals surface area contributed by atoms with Crippen molar-refractivity contribution in [2.24, 2.45) is 5.92 Å². The van der Waals surface area contributed by atoms with Crippen LogP contribution in [0.1, 0.15) is 19.8 Å². The van der Waals surface area contributed by atoms with Crippen LogP contribution < -0.4 is 9.47 Å². The van der Waals surface area contributed by atoms with Gasteiger partial charge < -0.3 is 9.47 Å². The van der Waals surface area contributed by atoms with E-state index >= 15 is 0 Å². The number of ether oxygens (including phenoxy) is 2. The summed E-state index contributed by atoms with van der Waals surface area (Å²) in [5.74, 6) is -1.27. The lowest BCUT2D eigenvalue weighted by molar-refractivity contribution is -0.151. The monoisotopic (exact) mass is 298 g/mol. The first kappa shape index (κ1) is 15.8. The van der Waals surface area contributed by atoms with E-state index in [9.17, 15) is 9.59 Å². The van der Waals surface area contributed by atoms with Gasteiger partial charge >= 0.3 is 11.9 Å². The molecule has 0 heterocycles. The van der Waals surface area contributed by atoms with Gasteiger partial charge in [-0.25, -0.2) is 0 Å². The van der Waals surface area contributed by atoms with E-state index < -0.39 is 17.9 Å². The van der Waals surface area contributed by atoms with E-state index in [-0.39, 0.29) is 0 Å². The van der Waals surface area contributed by atoms with Crippen LogP contribution in [0.3, 0.4) is 0 Å². The molecule has 0 aliphatic carbocycles. The van der Waals surface area contributed by atoms with Crippen LogP contribution in [0.2, 0.25) is 0 Å². The second-order valence-corrected chi connectivity index (χ2v) is 4.81. The van der Waals surface area contributed by atoms with Crippen molar-refractivity contribution in [3.63, 3.8) is 0 Å². The molecule has 2 rings (SSSR count). The zero-order valence-corrected chi connectivity index (χ0v) is 12.4. The molecule has 2 aromatic carbocycles. The molecule has 0 radical (unpaired) electrons. The zero-order valence-electron chi connectivity index (χ0n) is 12.4. The molecular weight excluding hydrogens is 280 g/mol. The highest BCUT2D eigenvalue weighted by molar-refractivity contribution is 5.96. The average Bonchev–Trinajstić information content (AvgIpc) is 2.54. The number of para-hydroxylation sites is 2. The maximum absolute atomic E-state index is 12.2. The van der Waals surface area contributed by atoms with Gasteiger partial charge in [0.2, 0.25) is 0 Å². The minimum Gasteiger partial charge on any atom is -0.426 e. The van der Waals surface area contributed by atoms with Crippen LogP contribution in [0.15, 0.2) is 60.7 Å². The molecule has 0 aromatic heterocycles. The molecule has 0 spiro atoms. The fourth-order valence-electron chi connectivity index (χ4n) is 1.97. The predicted molar refractivity (Wildman–Crippen MR) is 82.6 cm³/mol. The second-order valence-electron chi connectivity index (χ2n) is 4.81. The van der Waals surface area contributed by atoms with Gasteiger partial charge in [0, 0.05) is 0 Å². The third kappa shape index (κ3) is 4.45. The maximum atomic E-state index is 12.2. The highest BCUT2D eigenvalue weighted by atomic mass is 16.6. The number of carbonyl (C=O) groups is 2. The van der Waals surface area contributed by atoms with E-state index in [1.54, 1.807) is 48.5 Å².